The fourth-order valence-corrected chi connectivity index (χ4v) is 3.53. The largest absolute Gasteiger partial charge is 0.548 e. The topological polar surface area (TPSA) is 60.4 Å². The molecule has 108 valence electrons. The van der Waals surface area contributed by atoms with Gasteiger partial charge >= 0.3 is 0 Å². The van der Waals surface area contributed by atoms with Crippen LogP contribution in [0.25, 0.3) is 6.08 Å². The predicted molar refractivity (Wildman–Crippen MR) is 88.3 cm³/mol. The van der Waals surface area contributed by atoms with E-state index in [0.717, 1.165) is 22.2 Å². The number of rotatable bonds is 4. The van der Waals surface area contributed by atoms with Crippen LogP contribution in [0.15, 0.2) is 45.8 Å². The summed E-state index contributed by atoms with van der Waals surface area (Å²) in [6, 6.07) is 9.58. The molecule has 7 heteroatoms. The van der Waals surface area contributed by atoms with Gasteiger partial charge in [-0.05, 0) is 17.7 Å². The smallest absolute Gasteiger partial charge is 0.266 e. The van der Waals surface area contributed by atoms with E-state index < -0.39 is 18.4 Å². The molecule has 0 saturated carbocycles. The van der Waals surface area contributed by atoms with Crippen LogP contribution in [0, 0.1) is 0 Å². The maximum absolute atomic E-state index is 12.0. The molecule has 1 aliphatic rings. The molecule has 1 fully saturated rings. The molecule has 1 saturated heterocycles. The number of halogens is 1. The van der Waals surface area contributed by atoms with Gasteiger partial charge in [-0.2, -0.15) is 0 Å². The first-order chi connectivity index (χ1) is 9.97. The zero-order valence-corrected chi connectivity index (χ0v) is 13.8. The molecule has 1 heterocycles. The molecular weight excluding hydrogens is 374 g/mol. The van der Waals surface area contributed by atoms with Gasteiger partial charge in [0.15, 0.2) is 0 Å². The van der Waals surface area contributed by atoms with Crippen molar-refractivity contribution in [2.45, 2.75) is 0 Å². The van der Waals surface area contributed by atoms with Crippen molar-refractivity contribution in [2.24, 2.45) is 0 Å². The minimum atomic E-state index is -1.34. The Labute approximate surface area is 139 Å². The average Bonchev–Trinajstić information content (AvgIpc) is 2.67. The summed E-state index contributed by atoms with van der Waals surface area (Å²) in [5, 5.41) is 10.6. The number of thioether (sulfide) groups is 1. The number of carboxylic acids is 1. The van der Waals surface area contributed by atoms with Crippen molar-refractivity contribution in [3.63, 3.8) is 0 Å². The highest BCUT2D eigenvalue weighted by molar-refractivity contribution is 9.12. The van der Waals surface area contributed by atoms with Gasteiger partial charge in [0.25, 0.3) is 5.91 Å². The van der Waals surface area contributed by atoms with Gasteiger partial charge in [-0.25, -0.2) is 0 Å². The van der Waals surface area contributed by atoms with Crippen LogP contribution in [-0.4, -0.2) is 27.6 Å². The lowest BCUT2D eigenvalue weighted by atomic mass is 10.2. The first kappa shape index (κ1) is 15.9. The summed E-state index contributed by atoms with van der Waals surface area (Å²) in [7, 11) is 0. The minimum absolute atomic E-state index is 0.218. The molecule has 0 spiro atoms. The van der Waals surface area contributed by atoms with Crippen molar-refractivity contribution in [2.75, 3.05) is 6.54 Å². The first-order valence-corrected chi connectivity index (χ1v) is 7.86. The Morgan fingerprint density at radius 1 is 1.38 bits per heavy atom. The molecule has 0 aliphatic carbocycles. The van der Waals surface area contributed by atoms with Gasteiger partial charge in [-0.3, -0.25) is 9.69 Å². The van der Waals surface area contributed by atoms with Gasteiger partial charge in [-0.15, -0.1) is 0 Å². The summed E-state index contributed by atoms with van der Waals surface area (Å²) in [6.07, 6.45) is 3.48. The van der Waals surface area contributed by atoms with Crippen LogP contribution in [0.4, 0.5) is 0 Å². The van der Waals surface area contributed by atoms with E-state index in [1.54, 1.807) is 6.08 Å². The zero-order valence-electron chi connectivity index (χ0n) is 10.6. The van der Waals surface area contributed by atoms with Gasteiger partial charge in [0.2, 0.25) is 0 Å². The van der Waals surface area contributed by atoms with Crippen LogP contribution in [0.3, 0.4) is 0 Å². The summed E-state index contributed by atoms with van der Waals surface area (Å²) in [6.45, 7) is -0.526. The molecule has 1 aromatic rings. The number of benzene rings is 1. The van der Waals surface area contributed by atoms with Crippen molar-refractivity contribution < 1.29 is 14.7 Å². The molecule has 2 rings (SSSR count). The van der Waals surface area contributed by atoms with Crippen molar-refractivity contribution in [3.05, 3.63) is 51.4 Å². The molecule has 0 aromatic heterocycles. The lowest BCUT2D eigenvalue weighted by Crippen LogP contribution is -2.40. The maximum Gasteiger partial charge on any atom is 0.266 e. The van der Waals surface area contributed by atoms with Crippen LogP contribution >= 0.6 is 39.9 Å². The molecule has 0 atom stereocenters. The van der Waals surface area contributed by atoms with E-state index in [1.165, 1.54) is 0 Å². The molecule has 1 aliphatic heterocycles. The van der Waals surface area contributed by atoms with Crippen molar-refractivity contribution in [3.8, 4) is 0 Å². The molecule has 1 amide bonds. The van der Waals surface area contributed by atoms with E-state index in [0.29, 0.717) is 9.39 Å². The molecule has 1 aromatic carbocycles. The number of aliphatic carboxylic acids is 1. The number of allylic oxidation sites excluding steroid dienone is 2. The van der Waals surface area contributed by atoms with Gasteiger partial charge < -0.3 is 9.90 Å². The molecule has 21 heavy (non-hydrogen) atoms. The fraction of sp³-hybridized carbons (Fsp3) is 0.0714. The number of carbonyl (C=O) groups is 2. The van der Waals surface area contributed by atoms with Crippen LogP contribution < -0.4 is 5.11 Å². The number of thiocarbonyl (C=S) groups is 1. The number of carboxylic acid groups (broad SMARTS) is 1. The van der Waals surface area contributed by atoms with E-state index >= 15 is 0 Å². The standard InChI is InChI=1S/C14H10BrNO3S2/c15-10(6-9-4-2-1-3-5-9)7-11-13(19)16(8-12(17)18)14(20)21-11/h1-7H,8H2,(H,17,18)/p-1/b10-6-,11-7?. The summed E-state index contributed by atoms with van der Waals surface area (Å²) >= 11 is 9.44. The van der Waals surface area contributed by atoms with E-state index in [1.807, 2.05) is 36.4 Å². The average molecular weight is 383 g/mol. The Morgan fingerprint density at radius 2 is 2.05 bits per heavy atom. The zero-order chi connectivity index (χ0) is 15.4. The Morgan fingerprint density at radius 3 is 2.67 bits per heavy atom. The highest BCUT2D eigenvalue weighted by atomic mass is 79.9. The van der Waals surface area contributed by atoms with Gasteiger partial charge in [0, 0.05) is 4.48 Å². The van der Waals surface area contributed by atoms with E-state index in [4.69, 9.17) is 12.2 Å². The molecule has 0 radical (unpaired) electrons. The SMILES string of the molecule is O=C([O-])CN1C(=O)C(=C/C(Br)=C/c2ccccc2)SC1=S. The van der Waals surface area contributed by atoms with Gasteiger partial charge in [0.1, 0.15) is 4.32 Å². The lowest BCUT2D eigenvalue weighted by Gasteiger charge is -2.14. The van der Waals surface area contributed by atoms with Gasteiger partial charge in [0.05, 0.1) is 17.4 Å². The summed E-state index contributed by atoms with van der Waals surface area (Å²) < 4.78 is 0.915. The Kier molecular flexibility index (Phi) is 5.33. The van der Waals surface area contributed by atoms with Gasteiger partial charge in [-0.1, -0.05) is 70.2 Å². The summed E-state index contributed by atoms with van der Waals surface area (Å²) in [5.74, 6) is -1.76. The molecular formula is C14H9BrNO3S2-. The molecule has 0 bridgehead atoms. The third kappa shape index (κ3) is 4.26. The first-order valence-electron chi connectivity index (χ1n) is 5.85. The molecule has 0 N–H and O–H groups in total. The second-order valence-electron chi connectivity index (χ2n) is 4.08. The number of amides is 1. The monoisotopic (exact) mass is 382 g/mol. The maximum atomic E-state index is 12.0. The van der Waals surface area contributed by atoms with Crippen LogP contribution in [0.1, 0.15) is 5.56 Å². The van der Waals surface area contributed by atoms with Crippen molar-refractivity contribution >= 4 is 62.2 Å². The van der Waals surface area contributed by atoms with Crippen LogP contribution in [-0.2, 0) is 9.59 Å². The normalized spacial score (nSPS) is 17.7. The Hall–Kier alpha value is -1.44. The van der Waals surface area contributed by atoms with Crippen LogP contribution in [0.2, 0.25) is 0 Å². The van der Waals surface area contributed by atoms with E-state index in [2.05, 4.69) is 15.9 Å². The Bertz CT molecular complexity index is 655. The summed E-state index contributed by atoms with van der Waals surface area (Å²) in [4.78, 5) is 24.0. The highest BCUT2D eigenvalue weighted by Gasteiger charge is 2.31. The third-order valence-corrected chi connectivity index (χ3v) is 4.37. The lowest BCUT2D eigenvalue weighted by molar-refractivity contribution is -0.305. The number of carbonyl (C=O) groups excluding carboxylic acids is 2. The quantitative estimate of drug-likeness (QED) is 0.587. The van der Waals surface area contributed by atoms with Crippen LogP contribution in [0.5, 0.6) is 0 Å². The predicted octanol–water partition coefficient (Wildman–Crippen LogP) is 1.92. The van der Waals surface area contributed by atoms with E-state index in [9.17, 15) is 14.7 Å². The van der Waals surface area contributed by atoms with Crippen molar-refractivity contribution in [1.82, 2.24) is 4.90 Å². The number of nitrogens with zero attached hydrogens (tertiary/aromatic N) is 1. The second kappa shape index (κ2) is 7.02. The Balaban J connectivity index is 2.18. The minimum Gasteiger partial charge on any atom is -0.548 e. The second-order valence-corrected chi connectivity index (χ2v) is 6.67. The van der Waals surface area contributed by atoms with E-state index in [-0.39, 0.29) is 4.32 Å². The molecule has 0 unspecified atom stereocenters. The summed E-state index contributed by atoms with van der Waals surface area (Å²) in [5.41, 5.74) is 0.978. The number of hydrogen-bond acceptors (Lipinski definition) is 5. The number of hydrogen-bond donors (Lipinski definition) is 0. The third-order valence-electron chi connectivity index (χ3n) is 2.53. The fourth-order valence-electron chi connectivity index (χ4n) is 1.64. The molecule has 4 nitrogen and oxygen atoms in total. The van der Waals surface area contributed by atoms with Crippen molar-refractivity contribution in [1.29, 1.82) is 0 Å². The highest BCUT2D eigenvalue weighted by Crippen LogP contribution is 2.32.